The summed E-state index contributed by atoms with van der Waals surface area (Å²) in [6, 6.07) is 12.8. The summed E-state index contributed by atoms with van der Waals surface area (Å²) in [7, 11) is -2.01. The topological polar surface area (TPSA) is 91.9 Å². The van der Waals surface area contributed by atoms with Crippen LogP contribution in [0.25, 0.3) is 11.0 Å². The number of hydrogen-bond donors (Lipinski definition) is 3. The summed E-state index contributed by atoms with van der Waals surface area (Å²) >= 11 is 6.11. The van der Waals surface area contributed by atoms with Gasteiger partial charge in [0.25, 0.3) is 0 Å². The van der Waals surface area contributed by atoms with Gasteiger partial charge in [-0.1, -0.05) is 41.9 Å². The first kappa shape index (κ1) is 19.4. The minimum Gasteiger partial charge on any atom is -0.464 e. The van der Waals surface area contributed by atoms with Crippen LogP contribution in [0, 0.1) is 6.92 Å². The number of hydrogen-bond acceptors (Lipinski definition) is 5. The fourth-order valence-corrected chi connectivity index (χ4v) is 3.06. The van der Waals surface area contributed by atoms with E-state index in [1.807, 2.05) is 43.3 Å². The van der Waals surface area contributed by atoms with Crippen molar-refractivity contribution in [2.45, 2.75) is 26.0 Å². The number of carbonyl (C=O) groups is 1. The van der Waals surface area contributed by atoms with Crippen LogP contribution in [0.4, 0.5) is 0 Å². The molecule has 8 heteroatoms. The highest BCUT2D eigenvalue weighted by Crippen LogP contribution is 2.29. The van der Waals surface area contributed by atoms with Gasteiger partial charge in [0.15, 0.2) is 0 Å². The second kappa shape index (κ2) is 8.58. The molecule has 3 rings (SSSR count). The van der Waals surface area contributed by atoms with Crippen molar-refractivity contribution in [3.63, 3.8) is 0 Å². The summed E-state index contributed by atoms with van der Waals surface area (Å²) in [6.45, 7) is 1.85. The predicted octanol–water partition coefficient (Wildman–Crippen LogP) is 2.61. The second-order valence-electron chi connectivity index (χ2n) is 6.20. The third kappa shape index (κ3) is 4.90. The number of aryl methyl sites for hydroxylation is 1. The standard InChI is InChI=1S/C19H19BClNO5/c1-12-16(21)8-7-15-14(11-26-19(12)15)10-18(27-20(24)25)22-17(23)9-13-5-3-2-4-6-13/h2-8,11,18,24-25H,9-10H2,1H3,(H,22,23)/t18-/m1/s1. The van der Waals surface area contributed by atoms with E-state index in [4.69, 9.17) is 20.7 Å². The second-order valence-corrected chi connectivity index (χ2v) is 6.60. The molecular formula is C19H19BClNO5. The molecule has 2 aromatic carbocycles. The van der Waals surface area contributed by atoms with Gasteiger partial charge in [0, 0.05) is 28.0 Å². The number of rotatable bonds is 7. The van der Waals surface area contributed by atoms with Crippen molar-refractivity contribution >= 4 is 35.8 Å². The molecule has 0 unspecified atom stereocenters. The lowest BCUT2D eigenvalue weighted by Gasteiger charge is -2.19. The Bertz CT molecular complexity index is 928. The Morgan fingerprint density at radius 3 is 2.70 bits per heavy atom. The van der Waals surface area contributed by atoms with Gasteiger partial charge in [-0.25, -0.2) is 0 Å². The highest BCUT2D eigenvalue weighted by Gasteiger charge is 2.22. The van der Waals surface area contributed by atoms with Gasteiger partial charge in [0.2, 0.25) is 5.91 Å². The highest BCUT2D eigenvalue weighted by molar-refractivity contribution is 6.32. The zero-order chi connectivity index (χ0) is 19.4. The predicted molar refractivity (Wildman–Crippen MR) is 103 cm³/mol. The third-order valence-corrected chi connectivity index (χ3v) is 4.64. The van der Waals surface area contributed by atoms with Crippen molar-refractivity contribution < 1.29 is 23.9 Å². The van der Waals surface area contributed by atoms with E-state index in [0.29, 0.717) is 10.6 Å². The summed E-state index contributed by atoms with van der Waals surface area (Å²) < 4.78 is 10.6. The Morgan fingerprint density at radius 2 is 2.00 bits per heavy atom. The molecule has 0 saturated carbocycles. The largest absolute Gasteiger partial charge is 0.635 e. The molecule has 27 heavy (non-hydrogen) atoms. The lowest BCUT2D eigenvalue weighted by molar-refractivity contribution is -0.123. The van der Waals surface area contributed by atoms with E-state index in [1.165, 1.54) is 0 Å². The van der Waals surface area contributed by atoms with Crippen molar-refractivity contribution in [2.24, 2.45) is 0 Å². The number of furan rings is 1. The van der Waals surface area contributed by atoms with Crippen LogP contribution < -0.4 is 5.32 Å². The molecule has 1 aromatic heterocycles. The molecule has 6 nitrogen and oxygen atoms in total. The number of halogens is 1. The summed E-state index contributed by atoms with van der Waals surface area (Å²) in [5.41, 5.74) is 3.07. The minimum absolute atomic E-state index is 0.156. The van der Waals surface area contributed by atoms with Crippen LogP contribution in [-0.4, -0.2) is 29.5 Å². The summed E-state index contributed by atoms with van der Waals surface area (Å²) in [4.78, 5) is 12.3. The van der Waals surface area contributed by atoms with Crippen molar-refractivity contribution in [3.05, 3.63) is 70.4 Å². The zero-order valence-corrected chi connectivity index (χ0v) is 15.4. The molecule has 0 aliphatic rings. The van der Waals surface area contributed by atoms with Gasteiger partial charge in [-0.05, 0) is 24.6 Å². The Balaban J connectivity index is 1.75. The molecule has 1 heterocycles. The van der Waals surface area contributed by atoms with E-state index in [-0.39, 0.29) is 18.7 Å². The average molecular weight is 388 g/mol. The molecule has 0 fully saturated rings. The number of fused-ring (bicyclic) bond motifs is 1. The van der Waals surface area contributed by atoms with E-state index in [9.17, 15) is 14.8 Å². The molecule has 1 amide bonds. The van der Waals surface area contributed by atoms with Crippen LogP contribution >= 0.6 is 11.6 Å². The molecule has 3 N–H and O–H groups in total. The first-order valence-corrected chi connectivity index (χ1v) is 8.82. The number of nitrogens with one attached hydrogen (secondary N) is 1. The van der Waals surface area contributed by atoms with E-state index in [0.717, 1.165) is 22.1 Å². The van der Waals surface area contributed by atoms with Gasteiger partial charge in [0.1, 0.15) is 11.8 Å². The maximum absolute atomic E-state index is 12.3. The van der Waals surface area contributed by atoms with Gasteiger partial charge in [-0.2, -0.15) is 0 Å². The quantitative estimate of drug-likeness (QED) is 0.428. The van der Waals surface area contributed by atoms with Gasteiger partial charge in [-0.15, -0.1) is 0 Å². The van der Waals surface area contributed by atoms with Crippen molar-refractivity contribution in [3.8, 4) is 0 Å². The van der Waals surface area contributed by atoms with Crippen LogP contribution in [0.15, 0.2) is 53.1 Å². The summed E-state index contributed by atoms with van der Waals surface area (Å²) in [6.07, 6.45) is 0.977. The number of benzene rings is 2. The lowest BCUT2D eigenvalue weighted by atomic mass is 10.1. The Kier molecular flexibility index (Phi) is 6.18. The molecule has 0 bridgehead atoms. The maximum atomic E-state index is 12.3. The van der Waals surface area contributed by atoms with Crippen molar-refractivity contribution in [2.75, 3.05) is 0 Å². The number of carbonyl (C=O) groups excluding carboxylic acids is 1. The fraction of sp³-hybridized carbons (Fsp3) is 0.211. The molecular weight excluding hydrogens is 368 g/mol. The Morgan fingerprint density at radius 1 is 1.26 bits per heavy atom. The molecule has 0 aliphatic carbocycles. The van der Waals surface area contributed by atoms with Crippen LogP contribution in [0.1, 0.15) is 16.7 Å². The van der Waals surface area contributed by atoms with Crippen molar-refractivity contribution in [1.29, 1.82) is 0 Å². The molecule has 3 aromatic rings. The normalized spacial score (nSPS) is 12.1. The van der Waals surface area contributed by atoms with E-state index < -0.39 is 13.5 Å². The molecule has 0 radical (unpaired) electrons. The lowest BCUT2D eigenvalue weighted by Crippen LogP contribution is -2.43. The average Bonchev–Trinajstić information content (AvgIpc) is 3.02. The van der Waals surface area contributed by atoms with Crippen molar-refractivity contribution in [1.82, 2.24) is 5.32 Å². The monoisotopic (exact) mass is 387 g/mol. The minimum atomic E-state index is -2.01. The molecule has 0 saturated heterocycles. The van der Waals surface area contributed by atoms with E-state index >= 15 is 0 Å². The van der Waals surface area contributed by atoms with Crippen LogP contribution in [0.3, 0.4) is 0 Å². The van der Waals surface area contributed by atoms with Gasteiger partial charge in [0.05, 0.1) is 12.7 Å². The van der Waals surface area contributed by atoms with Crippen LogP contribution in [-0.2, 0) is 22.3 Å². The number of amides is 1. The van der Waals surface area contributed by atoms with Gasteiger partial charge in [-0.3, -0.25) is 4.79 Å². The first-order valence-electron chi connectivity index (χ1n) is 8.44. The van der Waals surface area contributed by atoms with Crippen LogP contribution in [0.2, 0.25) is 5.02 Å². The van der Waals surface area contributed by atoms with Gasteiger partial charge < -0.3 is 24.4 Å². The smallest absolute Gasteiger partial charge is 0.464 e. The van der Waals surface area contributed by atoms with Gasteiger partial charge >= 0.3 is 7.32 Å². The highest BCUT2D eigenvalue weighted by atomic mass is 35.5. The SMILES string of the molecule is Cc1c(Cl)ccc2c(C[C@H](NC(=O)Cc3ccccc3)OB(O)O)coc12. The zero-order valence-electron chi connectivity index (χ0n) is 14.7. The Hall–Kier alpha value is -2.32. The van der Waals surface area contributed by atoms with E-state index in [1.54, 1.807) is 12.3 Å². The Labute approximate surface area is 161 Å². The molecule has 0 aliphatic heterocycles. The first-order chi connectivity index (χ1) is 12.9. The fourth-order valence-electron chi connectivity index (χ4n) is 2.92. The molecule has 0 spiro atoms. The molecule has 140 valence electrons. The third-order valence-electron chi connectivity index (χ3n) is 4.23. The maximum Gasteiger partial charge on any atom is 0.635 e. The summed E-state index contributed by atoms with van der Waals surface area (Å²) in [5.74, 6) is -0.293. The molecule has 1 atom stereocenters. The van der Waals surface area contributed by atoms with Crippen LogP contribution in [0.5, 0.6) is 0 Å². The van der Waals surface area contributed by atoms with E-state index in [2.05, 4.69) is 5.32 Å². The summed E-state index contributed by atoms with van der Waals surface area (Å²) in [5, 5.41) is 22.5.